The number of aliphatic imine (C=N–C) groups is 1. The van der Waals surface area contributed by atoms with Crippen LogP contribution in [0.3, 0.4) is 0 Å². The van der Waals surface area contributed by atoms with Gasteiger partial charge in [0.25, 0.3) is 0 Å². The normalized spacial score (nSPS) is 16.7. The summed E-state index contributed by atoms with van der Waals surface area (Å²) in [5.41, 5.74) is 1.58. The summed E-state index contributed by atoms with van der Waals surface area (Å²) in [6.07, 6.45) is 5.17. The van der Waals surface area contributed by atoms with E-state index in [0.717, 1.165) is 5.70 Å². The summed E-state index contributed by atoms with van der Waals surface area (Å²) in [6.45, 7) is 2.57. The maximum atomic E-state index is 8.53. The number of nitrogens with zero attached hydrogens (tertiary/aromatic N) is 2. The molecule has 0 fully saturated rings. The maximum Gasteiger partial charge on any atom is 0.102 e. The van der Waals surface area contributed by atoms with Crippen LogP contribution in [0.4, 0.5) is 0 Å². The second-order valence-corrected chi connectivity index (χ2v) is 2.24. The van der Waals surface area contributed by atoms with Gasteiger partial charge in [0, 0.05) is 18.1 Å². The Labute approximate surface area is 65.7 Å². The lowest BCUT2D eigenvalue weighted by Gasteiger charge is -2.01. The first-order chi connectivity index (χ1) is 5.33. The second kappa shape index (κ2) is 3.57. The van der Waals surface area contributed by atoms with Crippen LogP contribution in [0.5, 0.6) is 0 Å². The molecule has 0 unspecified atom stereocenters. The van der Waals surface area contributed by atoms with Gasteiger partial charge in [0.05, 0.1) is 12.1 Å². The van der Waals surface area contributed by atoms with E-state index in [2.05, 4.69) is 10.3 Å². The first kappa shape index (κ1) is 7.55. The standard InChI is InChI=1S/C8H9N3/c1-7-2-3-10-5-8(4-9)6-11-7/h2,5-6,11H,3H2,1H3. The van der Waals surface area contributed by atoms with Crippen LogP contribution >= 0.6 is 0 Å². The quantitative estimate of drug-likeness (QED) is 0.555. The highest BCUT2D eigenvalue weighted by atomic mass is 14.9. The fraction of sp³-hybridized carbons (Fsp3) is 0.250. The van der Waals surface area contributed by atoms with Gasteiger partial charge in [-0.2, -0.15) is 5.26 Å². The predicted octanol–water partition coefficient (Wildman–Crippen LogP) is 0.972. The Morgan fingerprint density at radius 3 is 3.27 bits per heavy atom. The summed E-state index contributed by atoms with van der Waals surface area (Å²) < 4.78 is 0. The molecule has 0 bridgehead atoms. The average molecular weight is 147 g/mol. The van der Waals surface area contributed by atoms with E-state index in [-0.39, 0.29) is 0 Å². The molecular weight excluding hydrogens is 138 g/mol. The van der Waals surface area contributed by atoms with Crippen molar-refractivity contribution in [2.75, 3.05) is 6.54 Å². The topological polar surface area (TPSA) is 48.2 Å². The van der Waals surface area contributed by atoms with Crippen LogP contribution < -0.4 is 5.32 Å². The molecule has 0 amide bonds. The fourth-order valence-electron chi connectivity index (χ4n) is 0.690. The molecule has 0 aromatic carbocycles. The zero-order valence-corrected chi connectivity index (χ0v) is 6.33. The van der Waals surface area contributed by atoms with Crippen LogP contribution in [0.25, 0.3) is 0 Å². The first-order valence-electron chi connectivity index (χ1n) is 3.36. The van der Waals surface area contributed by atoms with E-state index in [1.54, 1.807) is 12.4 Å². The van der Waals surface area contributed by atoms with Crippen LogP contribution in [-0.2, 0) is 0 Å². The third kappa shape index (κ3) is 2.26. The fourth-order valence-corrected chi connectivity index (χ4v) is 0.690. The Kier molecular flexibility index (Phi) is 2.45. The second-order valence-electron chi connectivity index (χ2n) is 2.24. The third-order valence-corrected chi connectivity index (χ3v) is 1.32. The number of rotatable bonds is 0. The number of hydrogen-bond donors (Lipinski definition) is 1. The zero-order chi connectivity index (χ0) is 8.10. The SMILES string of the molecule is CC1=CCN=CC(C#N)=CN1. The molecule has 0 atom stereocenters. The van der Waals surface area contributed by atoms with Gasteiger partial charge in [-0.25, -0.2) is 0 Å². The van der Waals surface area contributed by atoms with Crippen molar-refractivity contribution in [2.45, 2.75) is 6.92 Å². The maximum absolute atomic E-state index is 8.53. The zero-order valence-electron chi connectivity index (χ0n) is 6.33. The minimum absolute atomic E-state index is 0.553. The van der Waals surface area contributed by atoms with Crippen molar-refractivity contribution < 1.29 is 0 Å². The van der Waals surface area contributed by atoms with Gasteiger partial charge in [-0.15, -0.1) is 0 Å². The molecule has 0 aliphatic carbocycles. The molecule has 1 rings (SSSR count). The highest BCUT2D eigenvalue weighted by Gasteiger charge is 1.92. The minimum atomic E-state index is 0.553. The lowest BCUT2D eigenvalue weighted by molar-refractivity contribution is 1.02. The molecule has 1 N–H and O–H groups in total. The van der Waals surface area contributed by atoms with Gasteiger partial charge in [0.1, 0.15) is 6.07 Å². The largest absolute Gasteiger partial charge is 0.364 e. The molecule has 0 aromatic heterocycles. The Hall–Kier alpha value is -1.56. The van der Waals surface area contributed by atoms with E-state index >= 15 is 0 Å². The van der Waals surface area contributed by atoms with E-state index < -0.39 is 0 Å². The lowest BCUT2D eigenvalue weighted by atomic mass is 10.3. The Morgan fingerprint density at radius 2 is 2.55 bits per heavy atom. The van der Waals surface area contributed by atoms with Crippen LogP contribution in [0, 0.1) is 11.3 Å². The average Bonchev–Trinajstić information content (AvgIpc) is 1.98. The van der Waals surface area contributed by atoms with Crippen molar-refractivity contribution in [3.63, 3.8) is 0 Å². The monoisotopic (exact) mass is 147 g/mol. The Bertz CT molecular complexity index is 266. The molecule has 1 aliphatic rings. The molecule has 3 heteroatoms. The molecule has 0 saturated carbocycles. The van der Waals surface area contributed by atoms with Gasteiger partial charge >= 0.3 is 0 Å². The summed E-state index contributed by atoms with van der Waals surface area (Å²) in [5.74, 6) is 0. The molecule has 0 saturated heterocycles. The number of hydrogen-bond acceptors (Lipinski definition) is 3. The molecule has 0 spiro atoms. The third-order valence-electron chi connectivity index (χ3n) is 1.32. The van der Waals surface area contributed by atoms with Gasteiger partial charge in [-0.05, 0) is 13.0 Å². The molecular formula is C8H9N3. The summed E-state index contributed by atoms with van der Waals surface area (Å²) in [6, 6.07) is 2.01. The lowest BCUT2D eigenvalue weighted by Crippen LogP contribution is -2.05. The van der Waals surface area contributed by atoms with Gasteiger partial charge in [0.2, 0.25) is 0 Å². The minimum Gasteiger partial charge on any atom is -0.364 e. The highest BCUT2D eigenvalue weighted by Crippen LogP contribution is 1.94. The summed E-state index contributed by atoms with van der Waals surface area (Å²) in [5, 5.41) is 11.5. The highest BCUT2D eigenvalue weighted by molar-refractivity contribution is 5.83. The molecule has 56 valence electrons. The number of nitriles is 1. The van der Waals surface area contributed by atoms with E-state index in [4.69, 9.17) is 5.26 Å². The van der Waals surface area contributed by atoms with Crippen molar-refractivity contribution in [2.24, 2.45) is 4.99 Å². The van der Waals surface area contributed by atoms with Crippen molar-refractivity contribution in [1.29, 1.82) is 5.26 Å². The molecule has 0 aromatic rings. The van der Waals surface area contributed by atoms with Crippen molar-refractivity contribution in [3.05, 3.63) is 23.5 Å². The van der Waals surface area contributed by atoms with Crippen molar-refractivity contribution in [1.82, 2.24) is 5.32 Å². The number of allylic oxidation sites excluding steroid dienone is 2. The Balaban J connectivity index is 2.80. The number of nitrogens with one attached hydrogen (secondary N) is 1. The van der Waals surface area contributed by atoms with Crippen LogP contribution in [0.2, 0.25) is 0 Å². The van der Waals surface area contributed by atoms with Gasteiger partial charge in [-0.3, -0.25) is 4.99 Å². The summed E-state index contributed by atoms with van der Waals surface area (Å²) >= 11 is 0. The van der Waals surface area contributed by atoms with Gasteiger partial charge < -0.3 is 5.32 Å². The van der Waals surface area contributed by atoms with E-state index in [0.29, 0.717) is 12.1 Å². The van der Waals surface area contributed by atoms with Gasteiger partial charge in [-0.1, -0.05) is 0 Å². The molecule has 3 nitrogen and oxygen atoms in total. The van der Waals surface area contributed by atoms with Crippen LogP contribution in [0.1, 0.15) is 6.92 Å². The van der Waals surface area contributed by atoms with Gasteiger partial charge in [0.15, 0.2) is 0 Å². The molecule has 0 radical (unpaired) electrons. The summed E-state index contributed by atoms with van der Waals surface area (Å²) in [7, 11) is 0. The van der Waals surface area contributed by atoms with Crippen molar-refractivity contribution >= 4 is 6.21 Å². The molecule has 1 aliphatic heterocycles. The smallest absolute Gasteiger partial charge is 0.102 e. The van der Waals surface area contributed by atoms with E-state index in [9.17, 15) is 0 Å². The van der Waals surface area contributed by atoms with Crippen molar-refractivity contribution in [3.8, 4) is 6.07 Å². The van der Waals surface area contributed by atoms with E-state index in [1.165, 1.54) is 0 Å². The van der Waals surface area contributed by atoms with E-state index in [1.807, 2.05) is 19.1 Å². The van der Waals surface area contributed by atoms with Crippen LogP contribution in [-0.4, -0.2) is 12.8 Å². The van der Waals surface area contributed by atoms with Crippen LogP contribution in [0.15, 0.2) is 28.5 Å². The predicted molar refractivity (Wildman–Crippen MR) is 43.9 cm³/mol. The summed E-state index contributed by atoms with van der Waals surface area (Å²) in [4.78, 5) is 4.00. The molecule has 11 heavy (non-hydrogen) atoms. The molecule has 1 heterocycles. The Morgan fingerprint density at radius 1 is 1.73 bits per heavy atom. The first-order valence-corrected chi connectivity index (χ1v) is 3.36.